The molecule has 2 rings (SSSR count). The number of benzene rings is 1. The van der Waals surface area contributed by atoms with Crippen molar-refractivity contribution in [2.24, 2.45) is 0 Å². The number of furan rings is 1. The van der Waals surface area contributed by atoms with Crippen LogP contribution in [0.3, 0.4) is 0 Å². The molecule has 1 aromatic carbocycles. The molecule has 0 aliphatic carbocycles. The number of carbonyl (C=O) groups excluding carboxylic acids is 1. The van der Waals surface area contributed by atoms with Gasteiger partial charge >= 0.3 is 0 Å². The second-order valence-electron chi connectivity index (χ2n) is 4.24. The minimum atomic E-state index is -0.158. The fourth-order valence-corrected chi connectivity index (χ4v) is 2.61. The summed E-state index contributed by atoms with van der Waals surface area (Å²) in [5.41, 5.74) is 0.917. The summed E-state index contributed by atoms with van der Waals surface area (Å²) in [5.74, 6) is 0.966. The SMILES string of the molecule is CNCCNC(=O)c1occc1CSc1ccccc1.Cl. The predicted octanol–water partition coefficient (Wildman–Crippen LogP) is 2.94. The van der Waals surface area contributed by atoms with E-state index in [1.807, 2.05) is 31.3 Å². The van der Waals surface area contributed by atoms with Gasteiger partial charge in [-0.3, -0.25) is 4.79 Å². The zero-order valence-corrected chi connectivity index (χ0v) is 13.4. The molecule has 0 saturated heterocycles. The smallest absolute Gasteiger partial charge is 0.287 e. The van der Waals surface area contributed by atoms with E-state index in [9.17, 15) is 4.79 Å². The quantitative estimate of drug-likeness (QED) is 0.607. The molecule has 0 bridgehead atoms. The van der Waals surface area contributed by atoms with Crippen molar-refractivity contribution in [2.75, 3.05) is 20.1 Å². The number of likely N-dealkylation sites (N-methyl/N-ethyl adjacent to an activating group) is 1. The van der Waals surface area contributed by atoms with Gasteiger partial charge in [0, 0.05) is 29.3 Å². The minimum absolute atomic E-state index is 0. The van der Waals surface area contributed by atoms with E-state index in [2.05, 4.69) is 22.8 Å². The van der Waals surface area contributed by atoms with Crippen LogP contribution in [0, 0.1) is 0 Å². The summed E-state index contributed by atoms with van der Waals surface area (Å²) in [5, 5.41) is 5.80. The molecular weight excluding hydrogens is 308 g/mol. The molecule has 1 aromatic heterocycles. The van der Waals surface area contributed by atoms with Gasteiger partial charge in [0.05, 0.1) is 6.26 Å². The van der Waals surface area contributed by atoms with Gasteiger partial charge in [-0.2, -0.15) is 0 Å². The Morgan fingerprint density at radius 1 is 1.19 bits per heavy atom. The fourth-order valence-electron chi connectivity index (χ4n) is 1.71. The topological polar surface area (TPSA) is 54.3 Å². The molecule has 0 radical (unpaired) electrons. The molecular formula is C15H19ClN2O2S. The summed E-state index contributed by atoms with van der Waals surface area (Å²) in [7, 11) is 1.85. The molecule has 6 heteroatoms. The van der Waals surface area contributed by atoms with Crippen LogP contribution in [0.4, 0.5) is 0 Å². The van der Waals surface area contributed by atoms with Crippen molar-refractivity contribution in [1.82, 2.24) is 10.6 Å². The van der Waals surface area contributed by atoms with E-state index in [1.165, 1.54) is 4.90 Å². The number of carbonyl (C=O) groups is 1. The van der Waals surface area contributed by atoms with Gasteiger partial charge in [-0.15, -0.1) is 24.2 Å². The Bertz CT molecular complexity index is 546. The lowest BCUT2D eigenvalue weighted by molar-refractivity contribution is 0.0925. The molecule has 0 unspecified atom stereocenters. The van der Waals surface area contributed by atoms with Crippen LogP contribution in [0.5, 0.6) is 0 Å². The average Bonchev–Trinajstić information content (AvgIpc) is 2.95. The lowest BCUT2D eigenvalue weighted by Gasteiger charge is -2.05. The maximum absolute atomic E-state index is 12.0. The van der Waals surface area contributed by atoms with Gasteiger partial charge in [0.15, 0.2) is 5.76 Å². The van der Waals surface area contributed by atoms with Crippen molar-refractivity contribution in [3.8, 4) is 0 Å². The van der Waals surface area contributed by atoms with E-state index in [-0.39, 0.29) is 18.3 Å². The van der Waals surface area contributed by atoms with Crippen molar-refractivity contribution in [1.29, 1.82) is 0 Å². The Labute approximate surface area is 135 Å². The maximum Gasteiger partial charge on any atom is 0.287 e. The van der Waals surface area contributed by atoms with Crippen LogP contribution in [0.15, 0.2) is 52.0 Å². The van der Waals surface area contributed by atoms with Crippen LogP contribution in [0.25, 0.3) is 0 Å². The Hall–Kier alpha value is -1.43. The third-order valence-electron chi connectivity index (χ3n) is 2.75. The first-order valence-electron chi connectivity index (χ1n) is 6.48. The summed E-state index contributed by atoms with van der Waals surface area (Å²) in [4.78, 5) is 13.1. The van der Waals surface area contributed by atoms with E-state index in [0.717, 1.165) is 17.9 Å². The molecule has 0 fully saturated rings. The second-order valence-corrected chi connectivity index (χ2v) is 5.28. The predicted molar refractivity (Wildman–Crippen MR) is 88.2 cm³/mol. The van der Waals surface area contributed by atoms with Crippen molar-refractivity contribution in [2.45, 2.75) is 10.6 Å². The van der Waals surface area contributed by atoms with Gasteiger partial charge in [0.2, 0.25) is 0 Å². The highest BCUT2D eigenvalue weighted by atomic mass is 35.5. The monoisotopic (exact) mass is 326 g/mol. The van der Waals surface area contributed by atoms with Crippen molar-refractivity contribution in [3.63, 3.8) is 0 Å². The van der Waals surface area contributed by atoms with Crippen LogP contribution in [0.2, 0.25) is 0 Å². The highest BCUT2D eigenvalue weighted by Crippen LogP contribution is 2.24. The molecule has 2 aromatic rings. The number of halogens is 1. The van der Waals surface area contributed by atoms with Crippen molar-refractivity contribution >= 4 is 30.1 Å². The molecule has 114 valence electrons. The average molecular weight is 327 g/mol. The molecule has 0 spiro atoms. The maximum atomic E-state index is 12.0. The molecule has 2 N–H and O–H groups in total. The number of hydrogen-bond acceptors (Lipinski definition) is 4. The highest BCUT2D eigenvalue weighted by Gasteiger charge is 2.14. The van der Waals surface area contributed by atoms with E-state index < -0.39 is 0 Å². The summed E-state index contributed by atoms with van der Waals surface area (Å²) in [6.45, 7) is 1.32. The molecule has 0 aliphatic heterocycles. The van der Waals surface area contributed by atoms with Gasteiger partial charge in [-0.25, -0.2) is 0 Å². The third kappa shape index (κ3) is 5.46. The lowest BCUT2D eigenvalue weighted by atomic mass is 10.2. The largest absolute Gasteiger partial charge is 0.459 e. The Morgan fingerprint density at radius 3 is 2.67 bits per heavy atom. The van der Waals surface area contributed by atoms with E-state index in [0.29, 0.717) is 12.3 Å². The molecule has 21 heavy (non-hydrogen) atoms. The fraction of sp³-hybridized carbons (Fsp3) is 0.267. The summed E-state index contributed by atoms with van der Waals surface area (Å²) in [6.07, 6.45) is 1.56. The van der Waals surface area contributed by atoms with E-state index in [1.54, 1.807) is 18.0 Å². The lowest BCUT2D eigenvalue weighted by Crippen LogP contribution is -2.30. The first kappa shape index (κ1) is 17.6. The van der Waals surface area contributed by atoms with E-state index >= 15 is 0 Å². The molecule has 1 amide bonds. The zero-order chi connectivity index (χ0) is 14.2. The third-order valence-corrected chi connectivity index (χ3v) is 3.81. The number of rotatable bonds is 7. The van der Waals surface area contributed by atoms with Crippen LogP contribution in [-0.4, -0.2) is 26.0 Å². The van der Waals surface area contributed by atoms with Crippen LogP contribution >= 0.6 is 24.2 Å². The summed E-state index contributed by atoms with van der Waals surface area (Å²) < 4.78 is 5.30. The van der Waals surface area contributed by atoms with Crippen molar-refractivity contribution < 1.29 is 9.21 Å². The highest BCUT2D eigenvalue weighted by molar-refractivity contribution is 7.98. The Morgan fingerprint density at radius 2 is 1.95 bits per heavy atom. The summed E-state index contributed by atoms with van der Waals surface area (Å²) >= 11 is 1.69. The van der Waals surface area contributed by atoms with E-state index in [4.69, 9.17) is 4.42 Å². The molecule has 4 nitrogen and oxygen atoms in total. The Kier molecular flexibility index (Phi) is 7.97. The molecule has 0 saturated carbocycles. The zero-order valence-electron chi connectivity index (χ0n) is 11.8. The van der Waals surface area contributed by atoms with Crippen LogP contribution in [-0.2, 0) is 5.75 Å². The van der Waals surface area contributed by atoms with Gasteiger partial charge in [-0.05, 0) is 25.2 Å². The van der Waals surface area contributed by atoms with Crippen LogP contribution < -0.4 is 10.6 Å². The van der Waals surface area contributed by atoms with Crippen LogP contribution in [0.1, 0.15) is 16.1 Å². The van der Waals surface area contributed by atoms with Gasteiger partial charge < -0.3 is 15.1 Å². The van der Waals surface area contributed by atoms with Gasteiger partial charge in [0.1, 0.15) is 0 Å². The first-order valence-corrected chi connectivity index (χ1v) is 7.47. The van der Waals surface area contributed by atoms with Gasteiger partial charge in [-0.1, -0.05) is 18.2 Å². The molecule has 0 aliphatic rings. The number of hydrogen-bond donors (Lipinski definition) is 2. The number of amides is 1. The number of thioether (sulfide) groups is 1. The second kappa shape index (κ2) is 9.50. The molecule has 0 atom stereocenters. The van der Waals surface area contributed by atoms with Gasteiger partial charge in [0.25, 0.3) is 5.91 Å². The standard InChI is InChI=1S/C15H18N2O2S.ClH/c1-16-8-9-17-15(18)14-12(7-10-19-14)11-20-13-5-3-2-4-6-13;/h2-7,10,16H,8-9,11H2,1H3,(H,17,18);1H. The summed E-state index contributed by atoms with van der Waals surface area (Å²) in [6, 6.07) is 12.0. The first-order chi connectivity index (χ1) is 9.81. The minimum Gasteiger partial charge on any atom is -0.459 e. The Balaban J connectivity index is 0.00000220. The number of nitrogens with one attached hydrogen (secondary N) is 2. The normalized spacial score (nSPS) is 9.95. The molecule has 1 heterocycles. The van der Waals surface area contributed by atoms with Crippen molar-refractivity contribution in [3.05, 3.63) is 54.0 Å².